The van der Waals surface area contributed by atoms with E-state index in [4.69, 9.17) is 0 Å². The van der Waals surface area contributed by atoms with Crippen LogP contribution in [0.3, 0.4) is 0 Å². The summed E-state index contributed by atoms with van der Waals surface area (Å²) in [6.45, 7) is 5.84. The number of hydrogen-bond acceptors (Lipinski definition) is 3. The maximum absolute atomic E-state index is 12.0. The summed E-state index contributed by atoms with van der Waals surface area (Å²) in [6.07, 6.45) is 1.61. The highest BCUT2D eigenvalue weighted by atomic mass is 79.9. The second-order valence-electron chi connectivity index (χ2n) is 3.66. The molecule has 0 aliphatic carbocycles. The molecule has 6 heteroatoms. The van der Waals surface area contributed by atoms with Gasteiger partial charge in [-0.05, 0) is 47.3 Å². The van der Waals surface area contributed by atoms with E-state index in [0.29, 0.717) is 4.21 Å². The molecule has 0 unspecified atom stereocenters. The average molecular weight is 326 g/mol. The number of rotatable bonds is 5. The van der Waals surface area contributed by atoms with Crippen molar-refractivity contribution in [1.82, 2.24) is 4.72 Å². The van der Waals surface area contributed by atoms with Gasteiger partial charge in [0.1, 0.15) is 4.21 Å². The second-order valence-corrected chi connectivity index (χ2v) is 7.97. The summed E-state index contributed by atoms with van der Waals surface area (Å²) in [5.74, 6) is 0. The molecule has 3 nitrogen and oxygen atoms in total. The molecule has 0 spiro atoms. The van der Waals surface area contributed by atoms with Crippen molar-refractivity contribution in [3.05, 3.63) is 15.4 Å². The lowest BCUT2D eigenvalue weighted by molar-refractivity contribution is 0.531. The lowest BCUT2D eigenvalue weighted by Gasteiger charge is -2.13. The molecule has 0 bridgehead atoms. The number of nitrogens with one attached hydrogen (secondary N) is 1. The normalized spacial score (nSPS) is 12.3. The van der Waals surface area contributed by atoms with Crippen molar-refractivity contribution in [2.24, 2.45) is 0 Å². The van der Waals surface area contributed by atoms with Crippen molar-refractivity contribution in [2.75, 3.05) is 0 Å². The summed E-state index contributed by atoms with van der Waals surface area (Å²) in [5, 5.41) is 0. The van der Waals surface area contributed by atoms with Gasteiger partial charge in [-0.1, -0.05) is 13.8 Å². The highest BCUT2D eigenvalue weighted by Gasteiger charge is 2.20. The summed E-state index contributed by atoms with van der Waals surface area (Å²) >= 11 is 4.59. The fraction of sp³-hybridized carbons (Fsp3) is 0.600. The van der Waals surface area contributed by atoms with E-state index in [1.165, 1.54) is 11.3 Å². The van der Waals surface area contributed by atoms with Crippen molar-refractivity contribution >= 4 is 37.3 Å². The van der Waals surface area contributed by atoms with E-state index >= 15 is 0 Å². The fourth-order valence-corrected chi connectivity index (χ4v) is 4.94. The van der Waals surface area contributed by atoms with Crippen LogP contribution in [0.5, 0.6) is 0 Å². The van der Waals surface area contributed by atoms with Gasteiger partial charge in [-0.2, -0.15) is 0 Å². The molecule has 0 aliphatic heterocycles. The molecule has 0 aromatic carbocycles. The Labute approximate surface area is 109 Å². The van der Waals surface area contributed by atoms with E-state index in [1.54, 1.807) is 6.07 Å². The van der Waals surface area contributed by atoms with Gasteiger partial charge >= 0.3 is 0 Å². The quantitative estimate of drug-likeness (QED) is 0.902. The molecule has 0 aliphatic rings. The zero-order valence-corrected chi connectivity index (χ0v) is 12.8. The van der Waals surface area contributed by atoms with E-state index in [0.717, 1.165) is 22.2 Å². The van der Waals surface area contributed by atoms with Gasteiger partial charge in [-0.25, -0.2) is 13.1 Å². The van der Waals surface area contributed by atoms with Crippen LogP contribution in [-0.4, -0.2) is 14.5 Å². The molecule has 0 saturated carbocycles. The van der Waals surface area contributed by atoms with Gasteiger partial charge in [-0.15, -0.1) is 11.3 Å². The third-order valence-corrected chi connectivity index (χ3v) is 6.54. The third-order valence-electron chi connectivity index (χ3n) is 2.41. The van der Waals surface area contributed by atoms with E-state index in [-0.39, 0.29) is 6.04 Å². The van der Waals surface area contributed by atoms with Crippen molar-refractivity contribution in [3.8, 4) is 0 Å². The average Bonchev–Trinajstić information content (AvgIpc) is 2.56. The SMILES string of the molecule is CCC(CC)NS(=O)(=O)c1cc(C)c(Br)s1. The number of hydrogen-bond donors (Lipinski definition) is 1. The fourth-order valence-electron chi connectivity index (χ4n) is 1.30. The topological polar surface area (TPSA) is 46.2 Å². The molecule has 16 heavy (non-hydrogen) atoms. The first-order valence-corrected chi connectivity index (χ1v) is 8.28. The van der Waals surface area contributed by atoms with E-state index in [1.807, 2.05) is 20.8 Å². The van der Waals surface area contributed by atoms with Crippen LogP contribution in [0.2, 0.25) is 0 Å². The maximum atomic E-state index is 12.0. The van der Waals surface area contributed by atoms with E-state index < -0.39 is 10.0 Å². The first-order valence-electron chi connectivity index (χ1n) is 5.19. The minimum absolute atomic E-state index is 0.0196. The monoisotopic (exact) mass is 325 g/mol. The van der Waals surface area contributed by atoms with Crippen LogP contribution in [0.1, 0.15) is 32.3 Å². The predicted molar refractivity (Wildman–Crippen MR) is 71.4 cm³/mol. The van der Waals surface area contributed by atoms with Gasteiger partial charge in [0.25, 0.3) is 0 Å². The molecule has 1 aromatic heterocycles. The summed E-state index contributed by atoms with van der Waals surface area (Å²) in [5.41, 5.74) is 0.954. The smallest absolute Gasteiger partial charge is 0.207 e. The predicted octanol–water partition coefficient (Wildman–Crippen LogP) is 3.29. The number of aryl methyl sites for hydroxylation is 1. The van der Waals surface area contributed by atoms with Gasteiger partial charge in [0.15, 0.2) is 0 Å². The first-order chi connectivity index (χ1) is 7.40. The summed E-state index contributed by atoms with van der Waals surface area (Å²) < 4.78 is 28.0. The van der Waals surface area contributed by atoms with Crippen LogP contribution in [0.25, 0.3) is 0 Å². The molecule has 1 aromatic rings. The number of thiophene rings is 1. The van der Waals surface area contributed by atoms with Crippen LogP contribution in [-0.2, 0) is 10.0 Å². The Balaban J connectivity index is 2.94. The summed E-state index contributed by atoms with van der Waals surface area (Å²) in [6, 6.07) is 1.71. The first kappa shape index (κ1) is 14.2. The molecule has 0 fully saturated rings. The Morgan fingerprint density at radius 1 is 1.44 bits per heavy atom. The molecule has 0 radical (unpaired) electrons. The van der Waals surface area contributed by atoms with Crippen LogP contribution in [0, 0.1) is 6.92 Å². The van der Waals surface area contributed by atoms with Gasteiger partial charge in [0, 0.05) is 6.04 Å². The highest BCUT2D eigenvalue weighted by Crippen LogP contribution is 2.30. The Hall–Kier alpha value is 0.0900. The van der Waals surface area contributed by atoms with E-state index in [2.05, 4.69) is 20.7 Å². The van der Waals surface area contributed by atoms with Gasteiger partial charge in [0.2, 0.25) is 10.0 Å². The van der Waals surface area contributed by atoms with Crippen LogP contribution >= 0.6 is 27.3 Å². The number of halogens is 1. The highest BCUT2D eigenvalue weighted by molar-refractivity contribution is 9.11. The molecule has 0 atom stereocenters. The lowest BCUT2D eigenvalue weighted by Crippen LogP contribution is -2.33. The summed E-state index contributed by atoms with van der Waals surface area (Å²) in [7, 11) is -3.35. The third kappa shape index (κ3) is 3.29. The molecule has 1 N–H and O–H groups in total. The zero-order chi connectivity index (χ0) is 12.3. The Bertz CT molecular complexity index is 430. The van der Waals surface area contributed by atoms with Crippen molar-refractivity contribution in [2.45, 2.75) is 43.9 Å². The Morgan fingerprint density at radius 2 is 2.00 bits per heavy atom. The molecule has 92 valence electrons. The van der Waals surface area contributed by atoms with Gasteiger partial charge < -0.3 is 0 Å². The van der Waals surface area contributed by atoms with Crippen molar-refractivity contribution < 1.29 is 8.42 Å². The molecule has 1 rings (SSSR count). The van der Waals surface area contributed by atoms with Crippen LogP contribution in [0.15, 0.2) is 14.1 Å². The second kappa shape index (κ2) is 5.62. The summed E-state index contributed by atoms with van der Waals surface area (Å²) in [4.78, 5) is 0. The van der Waals surface area contributed by atoms with Gasteiger partial charge in [0.05, 0.1) is 3.79 Å². The maximum Gasteiger partial charge on any atom is 0.250 e. The molecule has 0 amide bonds. The minimum atomic E-state index is -3.35. The van der Waals surface area contributed by atoms with Crippen LogP contribution < -0.4 is 4.72 Å². The molecular weight excluding hydrogens is 310 g/mol. The molecular formula is C10H16BrNO2S2. The Kier molecular flexibility index (Phi) is 4.97. The lowest BCUT2D eigenvalue weighted by atomic mass is 10.2. The van der Waals surface area contributed by atoms with Gasteiger partial charge in [-0.3, -0.25) is 0 Å². The minimum Gasteiger partial charge on any atom is -0.207 e. The van der Waals surface area contributed by atoms with Crippen molar-refractivity contribution in [1.29, 1.82) is 0 Å². The largest absolute Gasteiger partial charge is 0.250 e. The molecule has 1 heterocycles. The zero-order valence-electron chi connectivity index (χ0n) is 9.58. The molecule has 0 saturated heterocycles. The Morgan fingerprint density at radius 3 is 2.38 bits per heavy atom. The number of sulfonamides is 1. The standard InChI is InChI=1S/C10H16BrNO2S2/c1-4-8(5-2)12-16(13,14)9-6-7(3)10(11)15-9/h6,8,12H,4-5H2,1-3H3. The van der Waals surface area contributed by atoms with E-state index in [9.17, 15) is 8.42 Å². The van der Waals surface area contributed by atoms with Crippen molar-refractivity contribution in [3.63, 3.8) is 0 Å². The van der Waals surface area contributed by atoms with Crippen LogP contribution in [0.4, 0.5) is 0 Å².